The van der Waals surface area contributed by atoms with Gasteiger partial charge in [0, 0.05) is 22.8 Å². The fraction of sp³-hybridized carbons (Fsp3) is 0.250. The largest absolute Gasteiger partial charge is 0.420 e. The Morgan fingerprint density at radius 2 is 2.25 bits per heavy atom. The topological polar surface area (TPSA) is 136 Å². The maximum atomic E-state index is 11.7. The van der Waals surface area contributed by atoms with Crippen LogP contribution in [-0.4, -0.2) is 20.7 Å². The summed E-state index contributed by atoms with van der Waals surface area (Å²) in [6.45, 7) is 3.98. The van der Waals surface area contributed by atoms with Crippen LogP contribution in [0.5, 0.6) is 5.88 Å². The van der Waals surface area contributed by atoms with Gasteiger partial charge in [-0.3, -0.25) is 9.89 Å². The van der Waals surface area contributed by atoms with Crippen LogP contribution in [0.15, 0.2) is 35.9 Å². The maximum Gasteiger partial charge on any atom is 0.244 e. The predicted molar refractivity (Wildman–Crippen MR) is 103 cm³/mol. The molecule has 0 bridgehead atoms. The molecule has 1 aliphatic rings. The van der Waals surface area contributed by atoms with E-state index in [-0.39, 0.29) is 12.4 Å². The van der Waals surface area contributed by atoms with Crippen LogP contribution in [0, 0.1) is 18.3 Å². The van der Waals surface area contributed by atoms with Crippen molar-refractivity contribution in [3.63, 3.8) is 0 Å². The van der Waals surface area contributed by atoms with E-state index in [0.717, 1.165) is 39.7 Å². The molecule has 8 heteroatoms. The highest BCUT2D eigenvalue weighted by molar-refractivity contribution is 5.90. The van der Waals surface area contributed by atoms with Gasteiger partial charge in [0.05, 0.1) is 11.4 Å². The standard InChI is InChI=1S/C20H20N6O2/c1-3-11-5-4-6-12-14(8-26(18(11)12)9-15(22)27)17-13(7-21)19(23)28-20-16(17)10(2)24-25-20/h4-6,8,17H,3,9,23H2,1-2H3,(H2,22,27)(H,24,25). The minimum Gasteiger partial charge on any atom is -0.420 e. The number of nitrogens with one attached hydrogen (secondary N) is 1. The summed E-state index contributed by atoms with van der Waals surface area (Å²) in [7, 11) is 0. The average molecular weight is 376 g/mol. The summed E-state index contributed by atoms with van der Waals surface area (Å²) in [5.41, 5.74) is 16.3. The lowest BCUT2D eigenvalue weighted by molar-refractivity contribution is -0.118. The SMILES string of the molecule is CCc1cccc2c(C3C(C#N)=C(N)Oc4n[nH]c(C)c43)cn(CC(N)=O)c12. The number of aromatic amines is 1. The Hall–Kier alpha value is -3.73. The molecule has 1 aliphatic heterocycles. The van der Waals surface area contributed by atoms with Crippen molar-refractivity contribution in [3.8, 4) is 11.9 Å². The monoisotopic (exact) mass is 376 g/mol. The average Bonchev–Trinajstić information content (AvgIpc) is 3.21. The zero-order valence-electron chi connectivity index (χ0n) is 15.6. The van der Waals surface area contributed by atoms with Gasteiger partial charge in [0.2, 0.25) is 17.7 Å². The first-order valence-electron chi connectivity index (χ1n) is 8.97. The number of primary amides is 1. The lowest BCUT2D eigenvalue weighted by atomic mass is 9.84. The van der Waals surface area contributed by atoms with Crippen molar-refractivity contribution in [3.05, 3.63) is 58.2 Å². The Morgan fingerprint density at radius 1 is 1.46 bits per heavy atom. The van der Waals surface area contributed by atoms with E-state index < -0.39 is 11.8 Å². The number of H-pyrrole nitrogens is 1. The second kappa shape index (κ2) is 6.46. The number of fused-ring (bicyclic) bond motifs is 2. The van der Waals surface area contributed by atoms with E-state index in [9.17, 15) is 10.1 Å². The number of rotatable bonds is 4. The molecule has 3 heterocycles. The molecule has 3 aromatic rings. The summed E-state index contributed by atoms with van der Waals surface area (Å²) in [4.78, 5) is 11.7. The number of carbonyl (C=O) groups excluding carboxylic acids is 1. The van der Waals surface area contributed by atoms with Crippen LogP contribution in [0.1, 0.15) is 35.2 Å². The summed E-state index contributed by atoms with van der Waals surface area (Å²) in [6, 6.07) is 8.17. The highest BCUT2D eigenvalue weighted by atomic mass is 16.5. The van der Waals surface area contributed by atoms with Gasteiger partial charge in [-0.1, -0.05) is 25.1 Å². The second-order valence-electron chi connectivity index (χ2n) is 6.84. The summed E-state index contributed by atoms with van der Waals surface area (Å²) in [5, 5.41) is 17.8. The molecule has 28 heavy (non-hydrogen) atoms. The molecule has 1 unspecified atom stereocenters. The van der Waals surface area contributed by atoms with Crippen molar-refractivity contribution >= 4 is 16.8 Å². The molecule has 1 atom stereocenters. The Kier molecular flexibility index (Phi) is 4.08. The third kappa shape index (κ3) is 2.52. The molecule has 2 aromatic heterocycles. The number of carbonyl (C=O) groups is 1. The smallest absolute Gasteiger partial charge is 0.244 e. The lowest BCUT2D eigenvalue weighted by Crippen LogP contribution is -2.21. The molecule has 8 nitrogen and oxygen atoms in total. The van der Waals surface area contributed by atoms with Crippen molar-refractivity contribution in [2.24, 2.45) is 11.5 Å². The van der Waals surface area contributed by atoms with Crippen LogP contribution >= 0.6 is 0 Å². The van der Waals surface area contributed by atoms with E-state index in [1.165, 1.54) is 0 Å². The van der Waals surface area contributed by atoms with E-state index in [2.05, 4.69) is 23.2 Å². The van der Waals surface area contributed by atoms with E-state index in [1.807, 2.05) is 35.9 Å². The second-order valence-corrected chi connectivity index (χ2v) is 6.84. The Bertz CT molecular complexity index is 1180. The van der Waals surface area contributed by atoms with E-state index >= 15 is 0 Å². The molecular formula is C20H20N6O2. The van der Waals surface area contributed by atoms with E-state index in [4.69, 9.17) is 16.2 Å². The number of allylic oxidation sites excluding steroid dienone is 1. The molecule has 0 saturated carbocycles. The van der Waals surface area contributed by atoms with E-state index in [0.29, 0.717) is 11.5 Å². The van der Waals surface area contributed by atoms with Crippen LogP contribution < -0.4 is 16.2 Å². The van der Waals surface area contributed by atoms with Crippen LogP contribution in [0.2, 0.25) is 0 Å². The number of hydrogen-bond donors (Lipinski definition) is 3. The van der Waals surface area contributed by atoms with Gasteiger partial charge in [-0.15, -0.1) is 5.10 Å². The van der Waals surface area contributed by atoms with Gasteiger partial charge >= 0.3 is 0 Å². The normalized spacial score (nSPS) is 16.0. The van der Waals surface area contributed by atoms with E-state index in [1.54, 1.807) is 0 Å². The molecule has 0 aliphatic carbocycles. The fourth-order valence-corrected chi connectivity index (χ4v) is 3.98. The van der Waals surface area contributed by atoms with Gasteiger partial charge in [-0.05, 0) is 24.5 Å². The number of nitrogens with two attached hydrogens (primary N) is 2. The number of ether oxygens (including phenoxy) is 1. The quantitative estimate of drug-likeness (QED) is 0.639. The van der Waals surface area contributed by atoms with Gasteiger partial charge < -0.3 is 20.8 Å². The molecule has 0 spiro atoms. The number of benzene rings is 1. The third-order valence-electron chi connectivity index (χ3n) is 5.16. The number of aromatic nitrogens is 3. The lowest BCUT2D eigenvalue weighted by Gasteiger charge is -2.23. The number of nitrogens with zero attached hydrogens (tertiary/aromatic N) is 3. The van der Waals surface area contributed by atoms with Crippen LogP contribution in [0.4, 0.5) is 0 Å². The van der Waals surface area contributed by atoms with Crippen molar-refractivity contribution in [1.29, 1.82) is 5.26 Å². The Morgan fingerprint density at radius 3 is 2.93 bits per heavy atom. The number of amides is 1. The molecular weight excluding hydrogens is 356 g/mol. The van der Waals surface area contributed by atoms with Crippen molar-refractivity contribution in [2.75, 3.05) is 0 Å². The summed E-state index contributed by atoms with van der Waals surface area (Å²) in [6.07, 6.45) is 2.68. The third-order valence-corrected chi connectivity index (χ3v) is 5.16. The minimum atomic E-state index is -0.448. The first kappa shape index (κ1) is 17.7. The first-order valence-corrected chi connectivity index (χ1v) is 8.97. The molecule has 0 saturated heterocycles. The number of hydrogen-bond acceptors (Lipinski definition) is 5. The molecule has 1 aromatic carbocycles. The number of aryl methyl sites for hydroxylation is 2. The number of nitriles is 1. The Labute approximate surface area is 161 Å². The molecule has 0 fully saturated rings. The minimum absolute atomic E-state index is 0.0361. The van der Waals surface area contributed by atoms with Gasteiger partial charge in [-0.2, -0.15) is 5.26 Å². The maximum absolute atomic E-state index is 11.7. The zero-order chi connectivity index (χ0) is 20.0. The zero-order valence-corrected chi connectivity index (χ0v) is 15.6. The highest BCUT2D eigenvalue weighted by Gasteiger charge is 2.36. The fourth-order valence-electron chi connectivity index (χ4n) is 3.98. The summed E-state index contributed by atoms with van der Waals surface area (Å²) in [5.74, 6) is -0.483. The summed E-state index contributed by atoms with van der Waals surface area (Å²) < 4.78 is 7.40. The van der Waals surface area contributed by atoms with Gasteiger partial charge in [0.25, 0.3) is 0 Å². The molecule has 0 radical (unpaired) electrons. The molecule has 5 N–H and O–H groups in total. The van der Waals surface area contributed by atoms with Gasteiger partial charge in [0.1, 0.15) is 18.2 Å². The summed E-state index contributed by atoms with van der Waals surface area (Å²) >= 11 is 0. The predicted octanol–water partition coefficient (Wildman–Crippen LogP) is 1.94. The van der Waals surface area contributed by atoms with Crippen molar-refractivity contribution in [2.45, 2.75) is 32.7 Å². The van der Waals surface area contributed by atoms with Crippen molar-refractivity contribution in [1.82, 2.24) is 14.8 Å². The Balaban J connectivity index is 2.05. The van der Waals surface area contributed by atoms with Crippen LogP contribution in [0.25, 0.3) is 10.9 Å². The van der Waals surface area contributed by atoms with Gasteiger partial charge in [0.15, 0.2) is 0 Å². The highest BCUT2D eigenvalue weighted by Crippen LogP contribution is 2.45. The first-order chi connectivity index (χ1) is 13.5. The van der Waals surface area contributed by atoms with Crippen LogP contribution in [0.3, 0.4) is 0 Å². The van der Waals surface area contributed by atoms with Crippen LogP contribution in [-0.2, 0) is 17.8 Å². The molecule has 142 valence electrons. The van der Waals surface area contributed by atoms with Crippen molar-refractivity contribution < 1.29 is 9.53 Å². The molecule has 1 amide bonds. The molecule has 4 rings (SSSR count). The van der Waals surface area contributed by atoms with Gasteiger partial charge in [-0.25, -0.2) is 0 Å². The number of para-hydroxylation sites is 1.